The van der Waals surface area contributed by atoms with E-state index >= 15 is 0 Å². The second kappa shape index (κ2) is 4.49. The Morgan fingerprint density at radius 2 is 2.05 bits per heavy atom. The predicted octanol–water partition coefficient (Wildman–Crippen LogP) is 4.08. The molecule has 3 heteroatoms. The lowest BCUT2D eigenvalue weighted by Gasteiger charge is -2.48. The van der Waals surface area contributed by atoms with Crippen LogP contribution in [-0.4, -0.2) is 16.0 Å². The molecule has 0 spiro atoms. The molecule has 0 saturated heterocycles. The van der Waals surface area contributed by atoms with Crippen molar-refractivity contribution < 1.29 is 10.3 Å². The van der Waals surface area contributed by atoms with Gasteiger partial charge in [-0.25, -0.2) is 0 Å². The number of oxime groups is 1. The van der Waals surface area contributed by atoms with E-state index in [0.717, 1.165) is 25.0 Å². The Kier molecular flexibility index (Phi) is 2.82. The molecule has 3 aliphatic carbocycles. The van der Waals surface area contributed by atoms with Gasteiger partial charge in [-0.05, 0) is 79.5 Å². The van der Waals surface area contributed by atoms with E-state index in [4.69, 9.17) is 0 Å². The minimum absolute atomic E-state index is 0.115. The summed E-state index contributed by atoms with van der Waals surface area (Å²) >= 11 is 0. The maximum Gasteiger partial charge on any atom is 0.115 e. The Bertz CT molecular complexity index is 609. The van der Waals surface area contributed by atoms with E-state index in [9.17, 15) is 10.3 Å². The zero-order valence-electron chi connectivity index (χ0n) is 12.5. The molecule has 21 heavy (non-hydrogen) atoms. The van der Waals surface area contributed by atoms with Crippen LogP contribution in [0.15, 0.2) is 23.4 Å². The van der Waals surface area contributed by atoms with Crippen LogP contribution in [0.3, 0.4) is 0 Å². The van der Waals surface area contributed by atoms with Gasteiger partial charge in [0, 0.05) is 5.41 Å². The van der Waals surface area contributed by atoms with Gasteiger partial charge in [0.15, 0.2) is 0 Å². The molecule has 0 heterocycles. The lowest BCUT2D eigenvalue weighted by atomic mass is 9.55. The molecule has 2 fully saturated rings. The lowest BCUT2D eigenvalue weighted by molar-refractivity contribution is 0.0938. The summed E-state index contributed by atoms with van der Waals surface area (Å²) in [5.41, 5.74) is 3.95. The number of rotatable bonds is 0. The second-order valence-corrected chi connectivity index (χ2v) is 7.34. The summed E-state index contributed by atoms with van der Waals surface area (Å²) in [5, 5.41) is 22.6. The lowest BCUT2D eigenvalue weighted by Crippen LogP contribution is -2.42. The molecule has 0 aromatic heterocycles. The van der Waals surface area contributed by atoms with E-state index in [1.54, 1.807) is 0 Å². The molecule has 0 radical (unpaired) electrons. The number of nitrogens with zero attached hydrogens (tertiary/aromatic N) is 1. The van der Waals surface area contributed by atoms with Crippen LogP contribution in [0.2, 0.25) is 0 Å². The maximum atomic E-state index is 9.70. The Morgan fingerprint density at radius 3 is 2.86 bits per heavy atom. The van der Waals surface area contributed by atoms with Gasteiger partial charge in [-0.3, -0.25) is 0 Å². The molecule has 3 aliphatic rings. The van der Waals surface area contributed by atoms with Gasteiger partial charge in [0.25, 0.3) is 0 Å². The number of hydrogen-bond donors (Lipinski definition) is 2. The van der Waals surface area contributed by atoms with Crippen LogP contribution in [0.25, 0.3) is 0 Å². The molecule has 112 valence electrons. The normalized spacial score (nSPS) is 39.7. The van der Waals surface area contributed by atoms with Crippen molar-refractivity contribution in [1.82, 2.24) is 0 Å². The molecule has 1 aromatic carbocycles. The van der Waals surface area contributed by atoms with E-state index in [0.29, 0.717) is 23.5 Å². The van der Waals surface area contributed by atoms with Gasteiger partial charge in [-0.1, -0.05) is 18.1 Å². The quantitative estimate of drug-likeness (QED) is 0.557. The highest BCUT2D eigenvalue weighted by Crippen LogP contribution is 2.59. The number of phenolic OH excluding ortho intramolecular Hbond substituents is 1. The molecule has 4 atom stereocenters. The maximum absolute atomic E-state index is 9.70. The van der Waals surface area contributed by atoms with Crippen molar-refractivity contribution in [3.05, 3.63) is 29.3 Å². The molecular weight excluding hydrogens is 262 g/mol. The van der Waals surface area contributed by atoms with Crippen LogP contribution in [0.1, 0.15) is 56.1 Å². The van der Waals surface area contributed by atoms with Crippen molar-refractivity contribution in [1.29, 1.82) is 0 Å². The molecule has 1 aromatic rings. The van der Waals surface area contributed by atoms with Gasteiger partial charge in [-0.2, -0.15) is 0 Å². The fourth-order valence-corrected chi connectivity index (χ4v) is 5.52. The standard InChI is InChI=1S/C18H23NO2/c1-18-9-8-14-13-5-3-12(20)10-11(13)2-4-15(14)16(18)6-7-17(18)19-21/h3,5,10,14-16,20-21H,2,4,6-9H2,1H3/b19-17-/t14-,15+,16-,18-/m0/s1. The van der Waals surface area contributed by atoms with Crippen molar-refractivity contribution in [3.63, 3.8) is 0 Å². The Hall–Kier alpha value is -1.51. The smallest absolute Gasteiger partial charge is 0.115 e. The van der Waals surface area contributed by atoms with Crippen LogP contribution in [0, 0.1) is 17.3 Å². The monoisotopic (exact) mass is 285 g/mol. The van der Waals surface area contributed by atoms with Gasteiger partial charge in [0.2, 0.25) is 0 Å². The third-order valence-corrected chi connectivity index (χ3v) is 6.57. The van der Waals surface area contributed by atoms with Crippen LogP contribution in [0.4, 0.5) is 0 Å². The summed E-state index contributed by atoms with van der Waals surface area (Å²) < 4.78 is 0. The average Bonchev–Trinajstić information content (AvgIpc) is 2.83. The number of aryl methyl sites for hydroxylation is 1. The largest absolute Gasteiger partial charge is 0.508 e. The summed E-state index contributed by atoms with van der Waals surface area (Å²) in [5.74, 6) is 2.39. The zero-order valence-corrected chi connectivity index (χ0v) is 12.5. The third-order valence-electron chi connectivity index (χ3n) is 6.57. The van der Waals surface area contributed by atoms with Gasteiger partial charge < -0.3 is 10.3 Å². The Labute approximate surface area is 125 Å². The summed E-state index contributed by atoms with van der Waals surface area (Å²) in [7, 11) is 0. The molecule has 0 aliphatic heterocycles. The second-order valence-electron chi connectivity index (χ2n) is 7.34. The van der Waals surface area contributed by atoms with Crippen LogP contribution in [0.5, 0.6) is 5.75 Å². The number of aromatic hydroxyl groups is 1. The highest BCUT2D eigenvalue weighted by Gasteiger charge is 2.53. The average molecular weight is 285 g/mol. The van der Waals surface area contributed by atoms with E-state index in [2.05, 4.69) is 18.1 Å². The van der Waals surface area contributed by atoms with Crippen LogP contribution >= 0.6 is 0 Å². The predicted molar refractivity (Wildman–Crippen MR) is 81.9 cm³/mol. The first-order valence-corrected chi connectivity index (χ1v) is 8.16. The number of hydrogen-bond acceptors (Lipinski definition) is 3. The zero-order chi connectivity index (χ0) is 14.6. The highest BCUT2D eigenvalue weighted by molar-refractivity contribution is 5.92. The molecule has 2 N–H and O–H groups in total. The number of phenols is 1. The summed E-state index contributed by atoms with van der Waals surface area (Å²) in [6, 6.07) is 5.93. The minimum atomic E-state index is 0.115. The first kappa shape index (κ1) is 13.2. The van der Waals surface area contributed by atoms with Gasteiger partial charge >= 0.3 is 0 Å². The molecule has 0 bridgehead atoms. The molecular formula is C18H23NO2. The fraction of sp³-hybridized carbons (Fsp3) is 0.611. The summed E-state index contributed by atoms with van der Waals surface area (Å²) in [6.07, 6.45) is 6.71. The summed E-state index contributed by atoms with van der Waals surface area (Å²) in [6.45, 7) is 2.31. The molecule has 4 rings (SSSR count). The minimum Gasteiger partial charge on any atom is -0.508 e. The third kappa shape index (κ3) is 1.76. The number of benzene rings is 1. The van der Waals surface area contributed by atoms with Gasteiger partial charge in [-0.15, -0.1) is 0 Å². The van der Waals surface area contributed by atoms with Crippen molar-refractivity contribution in [3.8, 4) is 5.75 Å². The first-order valence-electron chi connectivity index (χ1n) is 8.16. The SMILES string of the molecule is C[C@]12CC[C@H]3c4ccc(O)cc4CC[C@H]3[C@@H]1CC/C2=N/O. The Morgan fingerprint density at radius 1 is 1.19 bits per heavy atom. The molecule has 3 nitrogen and oxygen atoms in total. The highest BCUT2D eigenvalue weighted by atomic mass is 16.4. The fourth-order valence-electron chi connectivity index (χ4n) is 5.52. The van der Waals surface area contributed by atoms with E-state index in [1.165, 1.54) is 30.4 Å². The summed E-state index contributed by atoms with van der Waals surface area (Å²) in [4.78, 5) is 0. The van der Waals surface area contributed by atoms with Crippen molar-refractivity contribution in [2.45, 2.75) is 51.4 Å². The van der Waals surface area contributed by atoms with Crippen LogP contribution < -0.4 is 0 Å². The Balaban J connectivity index is 1.72. The van der Waals surface area contributed by atoms with E-state index < -0.39 is 0 Å². The van der Waals surface area contributed by atoms with E-state index in [-0.39, 0.29) is 5.41 Å². The molecule has 2 saturated carbocycles. The molecule has 0 amide bonds. The van der Waals surface area contributed by atoms with Crippen molar-refractivity contribution in [2.75, 3.05) is 0 Å². The topological polar surface area (TPSA) is 52.8 Å². The van der Waals surface area contributed by atoms with Crippen LogP contribution in [-0.2, 0) is 6.42 Å². The first-order chi connectivity index (χ1) is 10.1. The van der Waals surface area contributed by atoms with Gasteiger partial charge in [0.1, 0.15) is 5.75 Å². The van der Waals surface area contributed by atoms with E-state index in [1.807, 2.05) is 12.1 Å². The van der Waals surface area contributed by atoms with Crippen molar-refractivity contribution >= 4 is 5.71 Å². The number of fused-ring (bicyclic) bond motifs is 5. The van der Waals surface area contributed by atoms with Gasteiger partial charge in [0.05, 0.1) is 5.71 Å². The molecule has 0 unspecified atom stereocenters. The van der Waals surface area contributed by atoms with Crippen molar-refractivity contribution in [2.24, 2.45) is 22.4 Å².